The highest BCUT2D eigenvalue weighted by molar-refractivity contribution is 8.00. The van der Waals surface area contributed by atoms with Gasteiger partial charge < -0.3 is 0 Å². The molecule has 2 heterocycles. The molecule has 7 heteroatoms. The maximum absolute atomic E-state index is 12.6. The molecule has 0 aliphatic carbocycles. The molecule has 126 valence electrons. The summed E-state index contributed by atoms with van der Waals surface area (Å²) in [4.78, 5) is 18.6. The molecule has 0 radical (unpaired) electrons. The largest absolute Gasteiger partial charge is 0.292 e. The number of hydrogen-bond donors (Lipinski definition) is 0. The van der Waals surface area contributed by atoms with Crippen LogP contribution in [0, 0.1) is 0 Å². The number of thioether (sulfide) groups is 1. The van der Waals surface area contributed by atoms with E-state index in [9.17, 15) is 4.79 Å². The Labute approximate surface area is 163 Å². The van der Waals surface area contributed by atoms with Gasteiger partial charge in [-0.15, -0.1) is 11.8 Å². The minimum Gasteiger partial charge on any atom is -0.292 e. The molecular formula is C18H11Cl3N2OS. The third-order valence-corrected chi connectivity index (χ3v) is 6.12. The molecular weight excluding hydrogens is 399 g/mol. The molecule has 1 amide bonds. The maximum atomic E-state index is 12.6. The molecule has 3 nitrogen and oxygen atoms in total. The highest BCUT2D eigenvalue weighted by atomic mass is 35.5. The molecule has 1 fully saturated rings. The van der Waals surface area contributed by atoms with Gasteiger partial charge in [-0.05, 0) is 24.3 Å². The zero-order valence-corrected chi connectivity index (χ0v) is 15.8. The minimum absolute atomic E-state index is 0.0609. The van der Waals surface area contributed by atoms with Crippen LogP contribution in [0.25, 0.3) is 10.9 Å². The third-order valence-electron chi connectivity index (χ3n) is 4.02. The second-order valence-corrected chi connectivity index (χ2v) is 7.80. The zero-order chi connectivity index (χ0) is 17.6. The van der Waals surface area contributed by atoms with Crippen molar-refractivity contribution in [3.63, 3.8) is 0 Å². The third kappa shape index (κ3) is 2.97. The number of benzene rings is 2. The van der Waals surface area contributed by atoms with Gasteiger partial charge in [-0.3, -0.25) is 9.69 Å². The van der Waals surface area contributed by atoms with E-state index in [-0.39, 0.29) is 11.3 Å². The average Bonchev–Trinajstić information content (AvgIpc) is 2.95. The van der Waals surface area contributed by atoms with Crippen molar-refractivity contribution in [3.05, 3.63) is 69.3 Å². The molecule has 3 aromatic rings. The van der Waals surface area contributed by atoms with Gasteiger partial charge in [0.05, 0.1) is 27.0 Å². The molecule has 0 saturated carbocycles. The van der Waals surface area contributed by atoms with Crippen LogP contribution >= 0.6 is 46.6 Å². The number of anilines is 1. The topological polar surface area (TPSA) is 33.2 Å². The summed E-state index contributed by atoms with van der Waals surface area (Å²) in [7, 11) is 0. The van der Waals surface area contributed by atoms with Crippen molar-refractivity contribution < 1.29 is 4.79 Å². The number of amides is 1. The summed E-state index contributed by atoms with van der Waals surface area (Å²) in [6, 6.07) is 14.9. The van der Waals surface area contributed by atoms with Crippen molar-refractivity contribution >= 4 is 69.1 Å². The molecule has 1 aliphatic heterocycles. The van der Waals surface area contributed by atoms with Crippen LogP contribution in [0.2, 0.25) is 15.2 Å². The van der Waals surface area contributed by atoms with Crippen molar-refractivity contribution in [1.29, 1.82) is 0 Å². The van der Waals surface area contributed by atoms with Gasteiger partial charge in [0.25, 0.3) is 0 Å². The summed E-state index contributed by atoms with van der Waals surface area (Å²) in [5.41, 5.74) is 2.09. The fourth-order valence-corrected chi connectivity index (χ4v) is 4.96. The van der Waals surface area contributed by atoms with Crippen LogP contribution in [0.5, 0.6) is 0 Å². The van der Waals surface area contributed by atoms with Crippen LogP contribution in [-0.2, 0) is 4.79 Å². The second kappa shape index (κ2) is 6.69. The Morgan fingerprint density at radius 1 is 1.04 bits per heavy atom. The molecule has 2 aromatic carbocycles. The van der Waals surface area contributed by atoms with Crippen LogP contribution in [0.1, 0.15) is 10.9 Å². The number of nitrogens with zero attached hydrogens (tertiary/aromatic N) is 2. The number of halogens is 3. The second-order valence-electron chi connectivity index (χ2n) is 5.56. The number of pyridine rings is 1. The van der Waals surface area contributed by atoms with Crippen LogP contribution in [0.4, 0.5) is 5.69 Å². The van der Waals surface area contributed by atoms with Gasteiger partial charge in [0.15, 0.2) is 0 Å². The van der Waals surface area contributed by atoms with E-state index in [0.717, 1.165) is 16.5 Å². The van der Waals surface area contributed by atoms with Gasteiger partial charge in [0.2, 0.25) is 5.91 Å². The first-order chi connectivity index (χ1) is 12.1. The Morgan fingerprint density at radius 3 is 2.52 bits per heavy atom. The highest BCUT2D eigenvalue weighted by Crippen LogP contribution is 2.48. The first-order valence-electron chi connectivity index (χ1n) is 7.49. The van der Waals surface area contributed by atoms with Crippen LogP contribution in [0.15, 0.2) is 48.5 Å². The van der Waals surface area contributed by atoms with Gasteiger partial charge in [-0.25, -0.2) is 4.98 Å². The summed E-state index contributed by atoms with van der Waals surface area (Å²) >= 11 is 20.6. The molecule has 1 saturated heterocycles. The number of carbonyl (C=O) groups excluding carboxylic acids is 1. The molecule has 25 heavy (non-hydrogen) atoms. The van der Waals surface area contributed by atoms with Gasteiger partial charge in [0.1, 0.15) is 10.5 Å². The average molecular weight is 410 g/mol. The maximum Gasteiger partial charge on any atom is 0.238 e. The molecule has 0 N–H and O–H groups in total. The fraction of sp³-hybridized carbons (Fsp3) is 0.111. The zero-order valence-electron chi connectivity index (χ0n) is 12.7. The normalized spacial score (nSPS) is 17.5. The monoisotopic (exact) mass is 408 g/mol. The summed E-state index contributed by atoms with van der Waals surface area (Å²) < 4.78 is 0. The summed E-state index contributed by atoms with van der Waals surface area (Å²) in [6.45, 7) is 0. The lowest BCUT2D eigenvalue weighted by Gasteiger charge is -2.26. The summed E-state index contributed by atoms with van der Waals surface area (Å²) in [5, 5.41) is 1.87. The highest BCUT2D eigenvalue weighted by Gasteiger charge is 2.37. The smallest absolute Gasteiger partial charge is 0.238 e. The number of hydrogen-bond acceptors (Lipinski definition) is 3. The van der Waals surface area contributed by atoms with E-state index >= 15 is 0 Å². The van der Waals surface area contributed by atoms with E-state index in [0.29, 0.717) is 26.6 Å². The number of carbonyl (C=O) groups is 1. The number of rotatable bonds is 2. The van der Waals surface area contributed by atoms with Crippen LogP contribution in [-0.4, -0.2) is 16.6 Å². The summed E-state index contributed by atoms with van der Waals surface area (Å²) in [5.74, 6) is 0.268. The van der Waals surface area contributed by atoms with Gasteiger partial charge in [-0.1, -0.05) is 59.1 Å². The van der Waals surface area contributed by atoms with E-state index in [1.54, 1.807) is 23.1 Å². The van der Waals surface area contributed by atoms with E-state index < -0.39 is 0 Å². The van der Waals surface area contributed by atoms with E-state index in [4.69, 9.17) is 34.8 Å². The molecule has 1 aromatic heterocycles. The minimum atomic E-state index is -0.325. The Hall–Kier alpha value is -1.46. The lowest BCUT2D eigenvalue weighted by atomic mass is 10.1. The quantitative estimate of drug-likeness (QED) is 0.489. The summed E-state index contributed by atoms with van der Waals surface area (Å²) in [6.07, 6.45) is 0. The van der Waals surface area contributed by atoms with E-state index in [1.165, 1.54) is 11.8 Å². The van der Waals surface area contributed by atoms with Gasteiger partial charge in [0, 0.05) is 10.9 Å². The van der Waals surface area contributed by atoms with Gasteiger partial charge in [-0.2, -0.15) is 0 Å². The number of fused-ring (bicyclic) bond motifs is 1. The lowest BCUT2D eigenvalue weighted by molar-refractivity contribution is -0.115. The van der Waals surface area contributed by atoms with Crippen molar-refractivity contribution in [2.45, 2.75) is 5.37 Å². The van der Waals surface area contributed by atoms with Crippen molar-refractivity contribution in [2.75, 3.05) is 10.7 Å². The van der Waals surface area contributed by atoms with Crippen molar-refractivity contribution in [2.24, 2.45) is 0 Å². The first kappa shape index (κ1) is 17.0. The van der Waals surface area contributed by atoms with E-state index in [2.05, 4.69) is 4.98 Å². The standard InChI is InChI=1S/C18H11Cl3N2OS/c19-12-5-3-6-13(20)16(12)23-15(24)9-25-18(23)11-8-10-4-1-2-7-14(10)22-17(11)21/h1-8,18H,9H2. The molecule has 4 rings (SSSR count). The molecule has 1 aliphatic rings. The Balaban J connectivity index is 1.87. The number of aromatic nitrogens is 1. The lowest BCUT2D eigenvalue weighted by Crippen LogP contribution is -2.28. The van der Waals surface area contributed by atoms with Crippen molar-refractivity contribution in [1.82, 2.24) is 4.98 Å². The molecule has 1 unspecified atom stereocenters. The number of para-hydroxylation sites is 2. The predicted octanol–water partition coefficient (Wildman–Crippen LogP) is 5.97. The SMILES string of the molecule is O=C1CSC(c2cc3ccccc3nc2Cl)N1c1c(Cl)cccc1Cl. The molecule has 1 atom stereocenters. The predicted molar refractivity (Wildman–Crippen MR) is 106 cm³/mol. The van der Waals surface area contributed by atoms with Crippen LogP contribution in [0.3, 0.4) is 0 Å². The Bertz CT molecular complexity index is 975. The van der Waals surface area contributed by atoms with Crippen molar-refractivity contribution in [3.8, 4) is 0 Å². The fourth-order valence-electron chi connectivity index (χ4n) is 2.90. The molecule has 0 bridgehead atoms. The van der Waals surface area contributed by atoms with Gasteiger partial charge >= 0.3 is 0 Å². The molecule has 0 spiro atoms. The van der Waals surface area contributed by atoms with Crippen LogP contribution < -0.4 is 4.90 Å². The Morgan fingerprint density at radius 2 is 1.76 bits per heavy atom. The first-order valence-corrected chi connectivity index (χ1v) is 9.67. The van der Waals surface area contributed by atoms with E-state index in [1.807, 2.05) is 30.3 Å². The Kier molecular flexibility index (Phi) is 4.54.